The zero-order valence-electron chi connectivity index (χ0n) is 46.8. The normalized spacial score (nSPS) is 22.8. The smallest absolute Gasteiger partial charge is 0.330 e. The first kappa shape index (κ1) is 62.0. The van der Waals surface area contributed by atoms with E-state index in [2.05, 4.69) is 10.6 Å². The average molecular weight is 1100 g/mol. The third kappa shape index (κ3) is 17.9. The minimum atomic E-state index is -1.50. The minimum absolute atomic E-state index is 0.0589. The Labute approximate surface area is 462 Å². The van der Waals surface area contributed by atoms with Crippen LogP contribution in [0.5, 0.6) is 17.2 Å². The van der Waals surface area contributed by atoms with Gasteiger partial charge in [0.25, 0.3) is 11.8 Å². The number of hydrogen-bond donors (Lipinski definition) is 2. The Morgan fingerprint density at radius 1 is 0.747 bits per heavy atom. The molecular weight excluding hydrogens is 1020 g/mol. The lowest BCUT2D eigenvalue weighted by Crippen LogP contribution is -2.58. The van der Waals surface area contributed by atoms with Gasteiger partial charge < -0.3 is 58.7 Å². The number of hydrogen-bond acceptors (Lipinski definition) is 15. The molecular formula is C58H76N6O15. The molecule has 0 aliphatic carbocycles. The van der Waals surface area contributed by atoms with E-state index in [1.807, 2.05) is 18.2 Å². The third-order valence-corrected chi connectivity index (χ3v) is 13.8. The number of aryl methyl sites for hydroxylation is 1. The highest BCUT2D eigenvalue weighted by Crippen LogP contribution is 2.33. The highest BCUT2D eigenvalue weighted by atomic mass is 16.5. The van der Waals surface area contributed by atoms with E-state index >= 15 is 0 Å². The Morgan fingerprint density at radius 2 is 1.48 bits per heavy atom. The van der Waals surface area contributed by atoms with Crippen molar-refractivity contribution in [1.82, 2.24) is 30.2 Å². The Hall–Kier alpha value is -7.81. The van der Waals surface area contributed by atoms with E-state index in [0.29, 0.717) is 36.3 Å². The third-order valence-electron chi connectivity index (χ3n) is 13.8. The molecule has 0 spiro atoms. The molecule has 79 heavy (non-hydrogen) atoms. The van der Waals surface area contributed by atoms with Crippen LogP contribution in [0.25, 0.3) is 0 Å². The van der Waals surface area contributed by atoms with E-state index in [0.717, 1.165) is 22.1 Å². The summed E-state index contributed by atoms with van der Waals surface area (Å²) in [5.74, 6) is -5.03. The molecule has 3 aromatic rings. The number of piperidine rings is 1. The van der Waals surface area contributed by atoms with Crippen molar-refractivity contribution in [3.63, 3.8) is 0 Å². The molecule has 3 aromatic carbocycles. The molecule has 0 aromatic heterocycles. The number of nitrogens with one attached hydrogen (secondary N) is 2. The van der Waals surface area contributed by atoms with Crippen molar-refractivity contribution in [3.05, 3.63) is 102 Å². The van der Waals surface area contributed by atoms with Gasteiger partial charge in [-0.2, -0.15) is 0 Å². The van der Waals surface area contributed by atoms with Gasteiger partial charge in [-0.1, -0.05) is 54.6 Å². The van der Waals surface area contributed by atoms with Crippen molar-refractivity contribution in [1.29, 1.82) is 0 Å². The van der Waals surface area contributed by atoms with Gasteiger partial charge >= 0.3 is 11.9 Å². The molecule has 1 fully saturated rings. The summed E-state index contributed by atoms with van der Waals surface area (Å²) in [6, 6.07) is 16.5. The van der Waals surface area contributed by atoms with Crippen LogP contribution in [0.3, 0.4) is 0 Å². The number of carbonyl (C=O) groups is 9. The van der Waals surface area contributed by atoms with Crippen LogP contribution in [0.2, 0.25) is 0 Å². The van der Waals surface area contributed by atoms with Crippen LogP contribution in [0, 0.1) is 5.41 Å². The van der Waals surface area contributed by atoms with E-state index in [1.165, 1.54) is 84.0 Å². The lowest BCUT2D eigenvalue weighted by Gasteiger charge is -2.36. The topological polar surface area (TPSA) is 246 Å². The van der Waals surface area contributed by atoms with E-state index in [1.54, 1.807) is 54.6 Å². The summed E-state index contributed by atoms with van der Waals surface area (Å²) in [5.41, 5.74) is 0.564. The van der Waals surface area contributed by atoms with Gasteiger partial charge in [0, 0.05) is 60.4 Å². The van der Waals surface area contributed by atoms with Crippen LogP contribution < -0.4 is 24.8 Å². The zero-order chi connectivity index (χ0) is 57.8. The van der Waals surface area contributed by atoms with Crippen molar-refractivity contribution in [2.24, 2.45) is 5.41 Å². The molecule has 5 atom stereocenters. The second kappa shape index (κ2) is 29.8. The van der Waals surface area contributed by atoms with Crippen LogP contribution in [-0.4, -0.2) is 179 Å². The number of benzene rings is 3. The molecule has 5 rings (SSSR count). The number of ketones is 1. The number of ether oxygens (including phenoxy) is 6. The summed E-state index contributed by atoms with van der Waals surface area (Å²) in [6.45, 7) is 3.31. The number of Topliss-reactive ketones (excluding diaryl/α,β-unsaturated/α-hetero) is 1. The van der Waals surface area contributed by atoms with Crippen LogP contribution in [0.15, 0.2) is 84.9 Å². The molecule has 2 bridgehead atoms. The fourth-order valence-electron chi connectivity index (χ4n) is 9.05. The van der Waals surface area contributed by atoms with Gasteiger partial charge in [-0.3, -0.25) is 33.6 Å². The predicted molar refractivity (Wildman–Crippen MR) is 289 cm³/mol. The van der Waals surface area contributed by atoms with Crippen LogP contribution in [0.1, 0.15) is 82.1 Å². The van der Waals surface area contributed by atoms with Gasteiger partial charge in [-0.25, -0.2) is 9.59 Å². The predicted octanol–water partition coefficient (Wildman–Crippen LogP) is 3.79. The summed E-state index contributed by atoms with van der Waals surface area (Å²) < 4.78 is 33.9. The van der Waals surface area contributed by atoms with Gasteiger partial charge in [0.2, 0.25) is 29.4 Å². The molecule has 428 valence electrons. The number of likely N-dealkylation sites (N-methyl/N-ethyl adjacent to an activating group) is 3. The van der Waals surface area contributed by atoms with Crippen molar-refractivity contribution >= 4 is 53.2 Å². The molecule has 1 saturated heterocycles. The van der Waals surface area contributed by atoms with Crippen LogP contribution >= 0.6 is 0 Å². The largest absolute Gasteiger partial charge is 0.493 e. The first-order valence-corrected chi connectivity index (χ1v) is 26.4. The lowest BCUT2D eigenvalue weighted by atomic mass is 9.87. The monoisotopic (exact) mass is 1100 g/mol. The first-order valence-electron chi connectivity index (χ1n) is 26.4. The maximum Gasteiger partial charge on any atom is 0.330 e. The van der Waals surface area contributed by atoms with Crippen LogP contribution in [-0.2, 0) is 70.2 Å². The number of nitrogens with zero attached hydrogens (tertiary/aromatic N) is 4. The first-order chi connectivity index (χ1) is 37.7. The average Bonchev–Trinajstić information content (AvgIpc) is 3.45. The number of rotatable bonds is 10. The summed E-state index contributed by atoms with van der Waals surface area (Å²) >= 11 is 0. The molecule has 6 amide bonds. The Bertz CT molecular complexity index is 2660. The van der Waals surface area contributed by atoms with E-state index in [4.69, 9.17) is 28.4 Å². The highest BCUT2D eigenvalue weighted by Gasteiger charge is 2.43. The maximum absolute atomic E-state index is 14.4. The molecule has 21 nitrogen and oxygen atoms in total. The highest BCUT2D eigenvalue weighted by molar-refractivity contribution is 6.38. The molecule has 0 unspecified atom stereocenters. The standard InChI is InChI=1S/C58H76N6O15/c1-38-54(70)63(6)45(32-39-18-11-10-12-19-39)53(69)60-43(28-31-74-7)55(71)61(4)29-15-14-23-51(67)78-37-58(2,3)52(68)56(72)64-30-16-13-22-44(64)57(73)79-46(26-24-40-25-27-47(75-8)48(33-40)76-9)41-20-17-21-42(34-41)77-36-50(66)62(5)35-49(65)59-38/h10-12,14,17-21,23,25,27,33-34,38,43-46H,13,15-16,22,24,26,28-32,35-37H2,1-9H3,(H,59,65)(H,60,69)/b23-14-/t38-,43+,44+,45+,46-/m1/s1. The Kier molecular flexibility index (Phi) is 23.4. The number of amides is 6. The van der Waals surface area contributed by atoms with E-state index < -0.39 is 109 Å². The number of carbonyl (C=O) groups excluding carboxylic acids is 9. The SMILES string of the molecule is COCC[C@@H]1NC(=O)[C@H](Cc2ccccc2)N(C)C(=O)[C@@H](C)NC(=O)CN(C)C(=O)COc2cccc(c2)[C@@H](CCc2ccc(OC)c(OC)c2)OC(=O)[C@@H]2CCCCN2C(=O)C(=O)C(C)(C)COC(=O)/C=C\CCN(C)C1=O. The number of methoxy groups -OCH3 is 3. The van der Waals surface area contributed by atoms with Crippen molar-refractivity contribution in [3.8, 4) is 17.2 Å². The molecule has 2 aliphatic rings. The zero-order valence-corrected chi connectivity index (χ0v) is 46.8. The van der Waals surface area contributed by atoms with Gasteiger partial charge in [-0.15, -0.1) is 0 Å². The Balaban J connectivity index is 1.43. The molecule has 21 heteroatoms. The molecule has 2 heterocycles. The molecule has 0 saturated carbocycles. The van der Waals surface area contributed by atoms with Crippen molar-refractivity contribution in [2.45, 2.75) is 102 Å². The fraction of sp³-hybridized carbons (Fsp3) is 0.500. The summed E-state index contributed by atoms with van der Waals surface area (Å²) in [6.07, 6.45) is 4.01. The second-order valence-corrected chi connectivity index (χ2v) is 20.3. The summed E-state index contributed by atoms with van der Waals surface area (Å²) in [7, 11) is 8.86. The molecule has 2 N–H and O–H groups in total. The second-order valence-electron chi connectivity index (χ2n) is 20.3. The van der Waals surface area contributed by atoms with E-state index in [-0.39, 0.29) is 57.6 Å². The van der Waals surface area contributed by atoms with E-state index in [9.17, 15) is 43.2 Å². The summed E-state index contributed by atoms with van der Waals surface area (Å²) in [4.78, 5) is 129. The Morgan fingerprint density at radius 3 is 2.19 bits per heavy atom. The van der Waals surface area contributed by atoms with Crippen molar-refractivity contribution < 1.29 is 71.6 Å². The number of cyclic esters (lactones) is 2. The molecule has 2 aliphatic heterocycles. The molecule has 0 radical (unpaired) electrons. The summed E-state index contributed by atoms with van der Waals surface area (Å²) in [5, 5.41) is 5.45. The van der Waals surface area contributed by atoms with Gasteiger partial charge in [0.1, 0.15) is 42.6 Å². The quantitative estimate of drug-likeness (QED) is 0.217. The maximum atomic E-state index is 14.4. The van der Waals surface area contributed by atoms with Gasteiger partial charge in [-0.05, 0) is 107 Å². The number of esters is 2. The lowest BCUT2D eigenvalue weighted by molar-refractivity contribution is -0.165. The van der Waals surface area contributed by atoms with Gasteiger partial charge in [0.05, 0.1) is 26.2 Å². The number of fused-ring (bicyclic) bond motifs is 3. The minimum Gasteiger partial charge on any atom is -0.493 e. The van der Waals surface area contributed by atoms with Crippen LogP contribution in [0.4, 0.5) is 0 Å². The van der Waals surface area contributed by atoms with Gasteiger partial charge in [0.15, 0.2) is 18.1 Å². The fourth-order valence-corrected chi connectivity index (χ4v) is 9.05. The van der Waals surface area contributed by atoms with Crippen molar-refractivity contribution in [2.75, 3.05) is 81.9 Å².